The van der Waals surface area contributed by atoms with E-state index in [0.717, 1.165) is 16.7 Å². The molecule has 0 fully saturated rings. The summed E-state index contributed by atoms with van der Waals surface area (Å²) >= 11 is 1.26. The summed E-state index contributed by atoms with van der Waals surface area (Å²) in [4.78, 5) is 44.3. The number of carbonyl (C=O) groups is 2. The van der Waals surface area contributed by atoms with E-state index in [1.54, 1.807) is 47.9 Å². The lowest BCUT2D eigenvalue weighted by Gasteiger charge is -2.25. The number of aromatic carboxylic acids is 1. The number of benzene rings is 4. The molecule has 6 rings (SSSR count). The number of carboxylic acid groups (broad SMARTS) is 1. The van der Waals surface area contributed by atoms with Gasteiger partial charge >= 0.3 is 5.97 Å². The average Bonchev–Trinajstić information content (AvgIpc) is 3.38. The number of para-hydroxylation sites is 1. The Morgan fingerprint density at radius 2 is 1.64 bits per heavy atom. The highest BCUT2D eigenvalue weighted by Gasteiger charge is 2.32. The molecule has 1 aliphatic heterocycles. The first kappa shape index (κ1) is 31.3. The lowest BCUT2D eigenvalue weighted by molar-refractivity contribution is -0.113. The maximum atomic E-state index is 14.0. The number of carbonyl (C=O) groups excluding carboxylic acids is 1. The van der Waals surface area contributed by atoms with Crippen LogP contribution in [0.4, 0.5) is 5.69 Å². The van der Waals surface area contributed by atoms with Crippen LogP contribution in [-0.2, 0) is 11.4 Å². The lowest BCUT2D eigenvalue weighted by atomic mass is 9.95. The summed E-state index contributed by atoms with van der Waals surface area (Å²) in [5.41, 5.74) is 3.77. The molecule has 0 bridgehead atoms. The number of rotatable bonds is 10. The van der Waals surface area contributed by atoms with Crippen LogP contribution in [0.5, 0.6) is 11.5 Å². The van der Waals surface area contributed by atoms with E-state index in [4.69, 9.17) is 14.5 Å². The minimum Gasteiger partial charge on any atom is -0.494 e. The summed E-state index contributed by atoms with van der Waals surface area (Å²) in [6, 6.07) is 29.8. The predicted octanol–water partition coefficient (Wildman–Crippen LogP) is 5.55. The lowest BCUT2D eigenvalue weighted by Crippen LogP contribution is -2.40. The predicted molar refractivity (Wildman–Crippen MR) is 181 cm³/mol. The number of thiazole rings is 1. The summed E-state index contributed by atoms with van der Waals surface area (Å²) in [5.74, 6) is -0.0320. The van der Waals surface area contributed by atoms with Crippen LogP contribution in [0.25, 0.3) is 6.08 Å². The van der Waals surface area contributed by atoms with Crippen LogP contribution in [0.3, 0.4) is 0 Å². The molecule has 0 spiro atoms. The fourth-order valence-electron chi connectivity index (χ4n) is 5.33. The molecule has 4 aromatic carbocycles. The molecule has 2 N–H and O–H groups in total. The molecule has 2 heterocycles. The van der Waals surface area contributed by atoms with E-state index in [2.05, 4.69) is 5.32 Å². The number of hydrogen-bond donors (Lipinski definition) is 2. The van der Waals surface area contributed by atoms with E-state index >= 15 is 0 Å². The van der Waals surface area contributed by atoms with Crippen molar-refractivity contribution in [1.29, 1.82) is 0 Å². The van der Waals surface area contributed by atoms with Crippen LogP contribution in [0.1, 0.15) is 46.9 Å². The molecule has 1 aliphatic rings. The number of amides is 1. The van der Waals surface area contributed by atoms with Crippen LogP contribution in [-0.4, -0.2) is 28.2 Å². The van der Waals surface area contributed by atoms with E-state index in [9.17, 15) is 19.5 Å². The first-order chi connectivity index (χ1) is 22.8. The van der Waals surface area contributed by atoms with E-state index in [-0.39, 0.29) is 23.6 Å². The van der Waals surface area contributed by atoms with Gasteiger partial charge in [0.15, 0.2) is 4.80 Å². The Balaban J connectivity index is 1.32. The average molecular weight is 646 g/mol. The molecule has 236 valence electrons. The van der Waals surface area contributed by atoms with Gasteiger partial charge in [0.1, 0.15) is 18.1 Å². The van der Waals surface area contributed by atoms with Gasteiger partial charge in [-0.15, -0.1) is 0 Å². The highest BCUT2D eigenvalue weighted by molar-refractivity contribution is 7.07. The second-order valence-corrected chi connectivity index (χ2v) is 11.8. The number of carboxylic acids is 1. The van der Waals surface area contributed by atoms with Gasteiger partial charge in [-0.25, -0.2) is 9.79 Å². The van der Waals surface area contributed by atoms with Crippen molar-refractivity contribution in [2.45, 2.75) is 26.5 Å². The van der Waals surface area contributed by atoms with Crippen LogP contribution in [0, 0.1) is 0 Å². The zero-order valence-electron chi connectivity index (χ0n) is 25.7. The van der Waals surface area contributed by atoms with Crippen molar-refractivity contribution in [3.05, 3.63) is 156 Å². The fraction of sp³-hybridized carbons (Fsp3) is 0.135. The molecule has 0 unspecified atom stereocenters. The van der Waals surface area contributed by atoms with Crippen molar-refractivity contribution >= 4 is 35.0 Å². The Morgan fingerprint density at radius 1 is 0.936 bits per heavy atom. The van der Waals surface area contributed by atoms with E-state index in [1.807, 2.05) is 73.7 Å². The van der Waals surface area contributed by atoms with Crippen molar-refractivity contribution in [2.75, 3.05) is 11.9 Å². The molecule has 0 saturated carbocycles. The summed E-state index contributed by atoms with van der Waals surface area (Å²) < 4.78 is 13.5. The van der Waals surface area contributed by atoms with Gasteiger partial charge < -0.3 is 19.9 Å². The number of allylic oxidation sites excluding steroid dienone is 1. The molecular formula is C37H31N3O6S. The van der Waals surface area contributed by atoms with Crippen molar-refractivity contribution in [2.24, 2.45) is 4.99 Å². The Kier molecular flexibility index (Phi) is 9.12. The minimum atomic E-state index is -0.992. The van der Waals surface area contributed by atoms with Gasteiger partial charge in [-0.2, -0.15) is 0 Å². The van der Waals surface area contributed by atoms with Crippen LogP contribution in [0.2, 0.25) is 0 Å². The van der Waals surface area contributed by atoms with Crippen LogP contribution >= 0.6 is 11.3 Å². The molecule has 1 aromatic heterocycles. The summed E-state index contributed by atoms with van der Waals surface area (Å²) in [6.45, 7) is 4.43. The van der Waals surface area contributed by atoms with Crippen molar-refractivity contribution in [3.63, 3.8) is 0 Å². The van der Waals surface area contributed by atoms with Crippen molar-refractivity contribution in [1.82, 2.24) is 4.57 Å². The summed E-state index contributed by atoms with van der Waals surface area (Å²) in [7, 11) is 0. The molecule has 1 amide bonds. The second-order valence-electron chi connectivity index (χ2n) is 10.8. The normalized spacial score (nSPS) is 14.3. The number of fused-ring (bicyclic) bond motifs is 1. The molecule has 5 aromatic rings. The first-order valence-corrected chi connectivity index (χ1v) is 15.8. The van der Waals surface area contributed by atoms with Gasteiger partial charge in [0.2, 0.25) is 0 Å². The minimum absolute atomic E-state index is 0.201. The molecule has 0 radical (unpaired) electrons. The fourth-order valence-corrected chi connectivity index (χ4v) is 6.38. The Bertz CT molecular complexity index is 2150. The monoisotopic (exact) mass is 645 g/mol. The second kappa shape index (κ2) is 13.7. The zero-order chi connectivity index (χ0) is 32.9. The Morgan fingerprint density at radius 3 is 2.34 bits per heavy atom. The Hall–Kier alpha value is -5.74. The van der Waals surface area contributed by atoms with Gasteiger partial charge in [0.25, 0.3) is 11.5 Å². The number of anilines is 1. The molecular weight excluding hydrogens is 614 g/mol. The maximum absolute atomic E-state index is 14.0. The third kappa shape index (κ3) is 6.92. The zero-order valence-corrected chi connectivity index (χ0v) is 26.5. The largest absolute Gasteiger partial charge is 0.494 e. The van der Waals surface area contributed by atoms with E-state index in [0.29, 0.717) is 44.4 Å². The Labute approximate surface area is 274 Å². The molecule has 0 aliphatic carbocycles. The van der Waals surface area contributed by atoms with Crippen LogP contribution < -0.4 is 29.7 Å². The summed E-state index contributed by atoms with van der Waals surface area (Å²) in [6.07, 6.45) is 1.79. The van der Waals surface area contributed by atoms with Crippen molar-refractivity contribution in [3.8, 4) is 11.5 Å². The molecule has 0 saturated heterocycles. The molecule has 9 nitrogen and oxygen atoms in total. The summed E-state index contributed by atoms with van der Waals surface area (Å²) in [5, 5.41) is 12.2. The number of nitrogens with one attached hydrogen (secondary N) is 1. The van der Waals surface area contributed by atoms with E-state index in [1.165, 1.54) is 17.4 Å². The van der Waals surface area contributed by atoms with Gasteiger partial charge in [0, 0.05) is 5.69 Å². The number of ether oxygens (including phenoxy) is 2. The number of nitrogens with zero attached hydrogens (tertiary/aromatic N) is 2. The molecule has 47 heavy (non-hydrogen) atoms. The van der Waals surface area contributed by atoms with Gasteiger partial charge in [-0.05, 0) is 85.1 Å². The maximum Gasteiger partial charge on any atom is 0.335 e. The topological polar surface area (TPSA) is 119 Å². The SMILES string of the molecule is CCOc1ccc([C@@H]2C(C(=O)Nc3ccccc3)=C(C)N=c3s/c(=C\c4ccc(OCc5cccc(C(=O)O)c5)cc4)c(=O)n32)cc1. The first-order valence-electron chi connectivity index (χ1n) is 15.0. The third-order valence-corrected chi connectivity index (χ3v) is 8.55. The smallest absolute Gasteiger partial charge is 0.335 e. The molecule has 10 heteroatoms. The van der Waals surface area contributed by atoms with Crippen molar-refractivity contribution < 1.29 is 24.2 Å². The highest BCUT2D eigenvalue weighted by atomic mass is 32.1. The van der Waals surface area contributed by atoms with Gasteiger partial charge in [0.05, 0.1) is 34.0 Å². The number of hydrogen-bond acceptors (Lipinski definition) is 7. The van der Waals surface area contributed by atoms with Crippen LogP contribution in [0.15, 0.2) is 124 Å². The third-order valence-electron chi connectivity index (χ3n) is 7.56. The standard InChI is InChI=1S/C37H31N3O6S/c1-3-45-29-18-14-26(15-19-29)33-32(34(41)39-28-10-5-4-6-11-28)23(2)38-37-40(33)35(42)31(47-37)21-24-12-16-30(17-13-24)46-22-25-8-7-9-27(20-25)36(43)44/h4-21,33H,3,22H2,1-2H3,(H,39,41)(H,43,44)/b31-21-/t33-/m1/s1. The van der Waals surface area contributed by atoms with Gasteiger partial charge in [-0.1, -0.05) is 65.9 Å². The quantitative estimate of drug-likeness (QED) is 0.206. The highest BCUT2D eigenvalue weighted by Crippen LogP contribution is 2.32. The molecule has 1 atom stereocenters. The van der Waals surface area contributed by atoms with E-state index < -0.39 is 12.0 Å². The number of aromatic nitrogens is 1. The van der Waals surface area contributed by atoms with Gasteiger partial charge in [-0.3, -0.25) is 14.2 Å².